The highest BCUT2D eigenvalue weighted by atomic mass is 16.6. The molecule has 0 spiro atoms. The molecule has 1 aromatic rings. The number of nitrogens with one attached hydrogen (secondary N) is 2. The minimum atomic E-state index is -1.49. The smallest absolute Gasteiger partial charge is 0.408 e. The molecular weight excluding hydrogens is 364 g/mol. The first kappa shape index (κ1) is 23.5. The number of alkyl carbamates (subject to hydrolysis) is 1. The third-order valence-corrected chi connectivity index (χ3v) is 4.00. The van der Waals surface area contributed by atoms with E-state index in [2.05, 4.69) is 15.7 Å². The lowest BCUT2D eigenvalue weighted by Crippen LogP contribution is -2.54. The average molecular weight is 396 g/mol. The summed E-state index contributed by atoms with van der Waals surface area (Å²) in [5.74, 6) is -1.50. The molecule has 0 unspecified atom stereocenters. The molecule has 1 heterocycles. The molecule has 2 N–H and O–H groups in total. The van der Waals surface area contributed by atoms with Gasteiger partial charge in [0.25, 0.3) is 5.91 Å². The number of hydrogen-bond donors (Lipinski definition) is 2. The molecule has 2 atom stereocenters. The Kier molecular flexibility index (Phi) is 8.01. The summed E-state index contributed by atoms with van der Waals surface area (Å²) >= 11 is 0. The number of amides is 2. The van der Waals surface area contributed by atoms with Gasteiger partial charge in [-0.3, -0.25) is 14.8 Å². The zero-order valence-corrected chi connectivity index (χ0v) is 18.0. The predicted octanol–water partition coefficient (Wildman–Crippen LogP) is 1.54. The van der Waals surface area contributed by atoms with Crippen LogP contribution in [0.15, 0.2) is 0 Å². The quantitative estimate of drug-likeness (QED) is 0.534. The Labute approximate surface area is 166 Å². The molecule has 0 bridgehead atoms. The van der Waals surface area contributed by atoms with Gasteiger partial charge in [0.15, 0.2) is 0 Å². The maximum absolute atomic E-state index is 12.6. The number of esters is 1. The fraction of sp³-hybridized carbons (Fsp3) is 0.684. The van der Waals surface area contributed by atoms with Crippen molar-refractivity contribution in [2.24, 2.45) is 7.05 Å². The second kappa shape index (κ2) is 9.57. The largest absolute Gasteiger partial charge is 0.464 e. The van der Waals surface area contributed by atoms with Gasteiger partial charge in [0.05, 0.1) is 12.3 Å². The monoisotopic (exact) mass is 396 g/mol. The molecule has 0 aromatic carbocycles. The number of nitrogens with zero attached hydrogens (tertiary/aromatic N) is 2. The van der Waals surface area contributed by atoms with Crippen LogP contribution in [0, 0.1) is 13.8 Å². The molecule has 1 aromatic heterocycles. The number of hydrogen-bond acceptors (Lipinski definition) is 6. The van der Waals surface area contributed by atoms with Gasteiger partial charge >= 0.3 is 12.1 Å². The summed E-state index contributed by atoms with van der Waals surface area (Å²) in [6.07, 6.45) is -0.327. The highest BCUT2D eigenvalue weighted by Crippen LogP contribution is 2.14. The van der Waals surface area contributed by atoms with Gasteiger partial charge in [-0.1, -0.05) is 0 Å². The van der Waals surface area contributed by atoms with E-state index in [4.69, 9.17) is 9.47 Å². The molecule has 0 aliphatic rings. The van der Waals surface area contributed by atoms with Crippen LogP contribution in [-0.2, 0) is 32.5 Å². The van der Waals surface area contributed by atoms with E-state index in [0.717, 1.165) is 17.0 Å². The van der Waals surface area contributed by atoms with Crippen LogP contribution in [0.25, 0.3) is 0 Å². The first-order valence-electron chi connectivity index (χ1n) is 9.31. The van der Waals surface area contributed by atoms with Crippen molar-refractivity contribution in [1.82, 2.24) is 20.4 Å². The van der Waals surface area contributed by atoms with Crippen LogP contribution in [-0.4, -0.2) is 52.0 Å². The summed E-state index contributed by atoms with van der Waals surface area (Å²) in [5.41, 5.74) is 2.16. The zero-order valence-electron chi connectivity index (χ0n) is 18.0. The Morgan fingerprint density at radius 3 is 2.25 bits per heavy atom. The fourth-order valence-corrected chi connectivity index (χ4v) is 2.68. The van der Waals surface area contributed by atoms with Gasteiger partial charge in [-0.25, -0.2) is 9.59 Å². The lowest BCUT2D eigenvalue weighted by molar-refractivity contribution is -0.149. The third kappa shape index (κ3) is 6.86. The molecule has 0 aliphatic carbocycles. The van der Waals surface area contributed by atoms with E-state index >= 15 is 0 Å². The van der Waals surface area contributed by atoms with Gasteiger partial charge in [0.1, 0.15) is 5.60 Å². The summed E-state index contributed by atoms with van der Waals surface area (Å²) < 4.78 is 11.8. The molecule has 9 heteroatoms. The molecule has 0 aliphatic heterocycles. The standard InChI is InChI=1S/C19H32N4O5/c1-9-27-17(25)15(21-18(26)28-19(5,6)7)16(24)20-11(2)10-14-12(3)22-23(8)13(14)4/h11,15H,9-10H2,1-8H3,(H,20,24)(H,21,26)/t11-,15+/m1/s1. The van der Waals surface area contributed by atoms with Crippen molar-refractivity contribution >= 4 is 18.0 Å². The summed E-state index contributed by atoms with van der Waals surface area (Å²) in [4.78, 5) is 36.8. The van der Waals surface area contributed by atoms with Gasteiger partial charge in [-0.15, -0.1) is 0 Å². The van der Waals surface area contributed by atoms with E-state index in [9.17, 15) is 14.4 Å². The molecule has 9 nitrogen and oxygen atoms in total. The van der Waals surface area contributed by atoms with Gasteiger partial charge in [0.2, 0.25) is 6.04 Å². The van der Waals surface area contributed by atoms with E-state index in [0.29, 0.717) is 6.42 Å². The highest BCUT2D eigenvalue weighted by molar-refractivity contribution is 6.04. The van der Waals surface area contributed by atoms with E-state index in [1.807, 2.05) is 27.8 Å². The molecule has 0 radical (unpaired) electrons. The number of ether oxygens (including phenoxy) is 2. The van der Waals surface area contributed by atoms with Crippen LogP contribution in [0.3, 0.4) is 0 Å². The zero-order chi connectivity index (χ0) is 21.6. The Morgan fingerprint density at radius 1 is 1.18 bits per heavy atom. The molecule has 0 saturated heterocycles. The number of carbonyl (C=O) groups is 3. The summed E-state index contributed by atoms with van der Waals surface area (Å²) in [6.45, 7) is 12.4. The van der Waals surface area contributed by atoms with Gasteiger partial charge < -0.3 is 14.8 Å². The van der Waals surface area contributed by atoms with Crippen molar-refractivity contribution < 1.29 is 23.9 Å². The third-order valence-electron chi connectivity index (χ3n) is 4.00. The van der Waals surface area contributed by atoms with Gasteiger partial charge in [-0.05, 0) is 60.5 Å². The van der Waals surface area contributed by atoms with Gasteiger partial charge in [0, 0.05) is 18.8 Å². The van der Waals surface area contributed by atoms with E-state index in [1.165, 1.54) is 0 Å². The second-order valence-electron chi connectivity index (χ2n) is 7.72. The Bertz CT molecular complexity index is 721. The SMILES string of the molecule is CCOC(=O)[C@@H](NC(=O)OC(C)(C)C)C(=O)N[C@H](C)Cc1c(C)nn(C)c1C. The van der Waals surface area contributed by atoms with Crippen molar-refractivity contribution in [3.8, 4) is 0 Å². The topological polar surface area (TPSA) is 112 Å². The number of aromatic nitrogens is 2. The van der Waals surface area contributed by atoms with Crippen molar-refractivity contribution in [3.63, 3.8) is 0 Å². The first-order valence-corrected chi connectivity index (χ1v) is 9.31. The molecule has 158 valence electrons. The van der Waals surface area contributed by atoms with Crippen LogP contribution < -0.4 is 10.6 Å². The Hall–Kier alpha value is -2.58. The summed E-state index contributed by atoms with van der Waals surface area (Å²) in [7, 11) is 1.86. The fourth-order valence-electron chi connectivity index (χ4n) is 2.68. The van der Waals surface area contributed by atoms with Crippen molar-refractivity contribution in [3.05, 3.63) is 17.0 Å². The van der Waals surface area contributed by atoms with E-state index < -0.39 is 29.6 Å². The second-order valence-corrected chi connectivity index (χ2v) is 7.72. The highest BCUT2D eigenvalue weighted by Gasteiger charge is 2.32. The maximum atomic E-state index is 12.6. The molecule has 2 amide bonds. The Morgan fingerprint density at radius 2 is 1.79 bits per heavy atom. The number of aryl methyl sites for hydroxylation is 2. The molecular formula is C19H32N4O5. The first-order chi connectivity index (χ1) is 12.9. The average Bonchev–Trinajstić information content (AvgIpc) is 2.77. The van der Waals surface area contributed by atoms with E-state index in [-0.39, 0.29) is 12.6 Å². The van der Waals surface area contributed by atoms with Crippen LogP contribution in [0.1, 0.15) is 51.6 Å². The molecule has 1 rings (SSSR count). The lowest BCUT2D eigenvalue weighted by atomic mass is 10.0. The van der Waals surface area contributed by atoms with Crippen LogP contribution in [0.4, 0.5) is 4.79 Å². The maximum Gasteiger partial charge on any atom is 0.408 e. The molecule has 0 saturated carbocycles. The van der Waals surface area contributed by atoms with Crippen molar-refractivity contribution in [1.29, 1.82) is 0 Å². The Balaban J connectivity index is 2.84. The predicted molar refractivity (Wildman–Crippen MR) is 104 cm³/mol. The lowest BCUT2D eigenvalue weighted by Gasteiger charge is -2.23. The number of carbonyl (C=O) groups excluding carboxylic acids is 3. The van der Waals surface area contributed by atoms with Crippen LogP contribution in [0.5, 0.6) is 0 Å². The summed E-state index contributed by atoms with van der Waals surface area (Å²) in [5, 5.41) is 9.40. The summed E-state index contributed by atoms with van der Waals surface area (Å²) in [6, 6.07) is -1.78. The van der Waals surface area contributed by atoms with Crippen molar-refractivity contribution in [2.75, 3.05) is 6.61 Å². The van der Waals surface area contributed by atoms with Crippen molar-refractivity contribution in [2.45, 2.75) is 72.6 Å². The van der Waals surface area contributed by atoms with Crippen LogP contribution in [0.2, 0.25) is 0 Å². The minimum Gasteiger partial charge on any atom is -0.464 e. The van der Waals surface area contributed by atoms with Gasteiger partial charge in [-0.2, -0.15) is 5.10 Å². The normalized spacial score (nSPS) is 13.4. The number of rotatable bonds is 7. The molecule has 0 fully saturated rings. The minimum absolute atomic E-state index is 0.0856. The van der Waals surface area contributed by atoms with E-state index in [1.54, 1.807) is 32.4 Å². The van der Waals surface area contributed by atoms with Crippen LogP contribution >= 0.6 is 0 Å². The molecule has 28 heavy (non-hydrogen) atoms.